The Bertz CT molecular complexity index is 397. The number of nitrogens with two attached hydrogens (primary N) is 1. The van der Waals surface area contributed by atoms with Crippen LogP contribution < -0.4 is 11.3 Å². The Morgan fingerprint density at radius 2 is 1.89 bits per heavy atom. The predicted molar refractivity (Wildman–Crippen MR) is 78.9 cm³/mol. The maximum Gasteiger partial charge on any atom is 0.213 e. The number of aliphatic imine (C=N–C) groups is 1. The van der Waals surface area contributed by atoms with Crippen LogP contribution in [0.15, 0.2) is 35.3 Å². The molecule has 1 heterocycles. The van der Waals surface area contributed by atoms with Gasteiger partial charge in [0.1, 0.15) is 0 Å². The number of nitrogens with one attached hydrogen (secondary N) is 1. The van der Waals surface area contributed by atoms with Gasteiger partial charge in [0.05, 0.1) is 5.69 Å². The molecule has 0 bridgehead atoms. The van der Waals surface area contributed by atoms with Crippen molar-refractivity contribution >= 4 is 23.4 Å². The van der Waals surface area contributed by atoms with E-state index in [0.717, 1.165) is 24.7 Å². The topological polar surface area (TPSA) is 53.6 Å². The van der Waals surface area contributed by atoms with Crippen LogP contribution in [0.25, 0.3) is 0 Å². The van der Waals surface area contributed by atoms with E-state index in [9.17, 15) is 0 Å². The predicted octanol–water partition coefficient (Wildman–Crippen LogP) is 1.96. The van der Waals surface area contributed by atoms with E-state index in [1.54, 1.807) is 0 Å². The van der Waals surface area contributed by atoms with Crippen LogP contribution in [0.4, 0.5) is 5.69 Å². The Kier molecular flexibility index (Phi) is 4.49. The highest BCUT2D eigenvalue weighted by atomic mass is 32.2. The summed E-state index contributed by atoms with van der Waals surface area (Å²) in [5.74, 6) is 6.36. The third-order valence-corrected chi connectivity index (χ3v) is 4.07. The fourth-order valence-electron chi connectivity index (χ4n) is 2.17. The monoisotopic (exact) mass is 264 g/mol. The van der Waals surface area contributed by atoms with Crippen molar-refractivity contribution in [3.8, 4) is 0 Å². The van der Waals surface area contributed by atoms with Crippen LogP contribution >= 0.6 is 11.8 Å². The van der Waals surface area contributed by atoms with Gasteiger partial charge in [-0.25, -0.2) is 10.8 Å². The minimum absolute atomic E-state index is 0.600. The lowest BCUT2D eigenvalue weighted by Crippen LogP contribution is -2.51. The third-order valence-electron chi connectivity index (χ3n) is 2.84. The van der Waals surface area contributed by atoms with E-state index < -0.39 is 0 Å². The van der Waals surface area contributed by atoms with Crippen molar-refractivity contribution in [2.45, 2.75) is 24.3 Å². The van der Waals surface area contributed by atoms with Crippen LogP contribution in [0, 0.1) is 0 Å². The number of guanidine groups is 1. The van der Waals surface area contributed by atoms with Crippen molar-refractivity contribution in [1.29, 1.82) is 0 Å². The summed E-state index contributed by atoms with van der Waals surface area (Å²) in [4.78, 5) is 6.79. The summed E-state index contributed by atoms with van der Waals surface area (Å²) in [6.45, 7) is 6.43. The Morgan fingerprint density at radius 1 is 1.28 bits per heavy atom. The molecule has 1 aromatic rings. The maximum atomic E-state index is 5.61. The molecule has 1 saturated heterocycles. The number of thioether (sulfide) groups is 1. The number of hydrogen-bond donors (Lipinski definition) is 2. The normalized spacial score (nSPS) is 25.1. The van der Waals surface area contributed by atoms with Gasteiger partial charge < -0.3 is 4.90 Å². The van der Waals surface area contributed by atoms with E-state index in [0.29, 0.717) is 10.5 Å². The summed E-state index contributed by atoms with van der Waals surface area (Å²) in [5.41, 5.74) is 3.65. The van der Waals surface area contributed by atoms with Gasteiger partial charge >= 0.3 is 0 Å². The van der Waals surface area contributed by atoms with Crippen molar-refractivity contribution < 1.29 is 0 Å². The summed E-state index contributed by atoms with van der Waals surface area (Å²) in [5, 5.41) is 1.20. The van der Waals surface area contributed by atoms with Crippen LogP contribution in [0.2, 0.25) is 0 Å². The van der Waals surface area contributed by atoms with Gasteiger partial charge in [0.15, 0.2) is 0 Å². The molecule has 98 valence electrons. The van der Waals surface area contributed by atoms with Gasteiger partial charge in [0.2, 0.25) is 5.96 Å². The lowest BCUT2D eigenvalue weighted by atomic mass is 10.3. The first-order valence-corrected chi connectivity index (χ1v) is 7.14. The average Bonchev–Trinajstić information content (AvgIpc) is 2.36. The molecule has 4 nitrogen and oxygen atoms in total. The molecular weight excluding hydrogens is 244 g/mol. The molecule has 18 heavy (non-hydrogen) atoms. The smallest absolute Gasteiger partial charge is 0.213 e. The highest BCUT2D eigenvalue weighted by molar-refractivity contribution is 8.00. The summed E-state index contributed by atoms with van der Waals surface area (Å²) in [6, 6.07) is 9.89. The number of rotatable bonds is 1. The molecule has 5 heteroatoms. The van der Waals surface area contributed by atoms with E-state index in [-0.39, 0.29) is 0 Å². The SMILES string of the molecule is CC1CN(C(=Nc2ccccc2)NN)CC(C)S1. The second kappa shape index (κ2) is 6.11. The molecule has 1 aliphatic heterocycles. The van der Waals surface area contributed by atoms with Crippen molar-refractivity contribution in [3.05, 3.63) is 30.3 Å². The molecule has 3 N–H and O–H groups in total. The van der Waals surface area contributed by atoms with Crippen molar-refractivity contribution in [2.75, 3.05) is 13.1 Å². The number of hydrogen-bond acceptors (Lipinski definition) is 3. The zero-order valence-electron chi connectivity index (χ0n) is 10.8. The zero-order valence-corrected chi connectivity index (χ0v) is 11.7. The minimum Gasteiger partial charge on any atom is -0.339 e. The molecule has 0 aromatic heterocycles. The van der Waals surface area contributed by atoms with E-state index in [1.807, 2.05) is 42.1 Å². The Hall–Kier alpha value is -1.20. The fraction of sp³-hybridized carbons (Fsp3) is 0.462. The molecule has 1 aliphatic rings. The van der Waals surface area contributed by atoms with Crippen molar-refractivity contribution in [3.63, 3.8) is 0 Å². The highest BCUT2D eigenvalue weighted by Gasteiger charge is 2.24. The molecule has 1 fully saturated rings. The molecule has 0 saturated carbocycles. The van der Waals surface area contributed by atoms with Crippen LogP contribution in [0.1, 0.15) is 13.8 Å². The Balaban J connectivity index is 2.15. The molecule has 0 spiro atoms. The Morgan fingerprint density at radius 3 is 2.44 bits per heavy atom. The largest absolute Gasteiger partial charge is 0.339 e. The molecule has 0 amide bonds. The standard InChI is InChI=1S/C13H20N4S/c1-10-8-17(9-11(2)18-10)13(16-14)15-12-6-4-3-5-7-12/h3-7,10-11H,8-9,14H2,1-2H3,(H,15,16). The number of para-hydroxylation sites is 1. The molecular formula is C13H20N4S. The van der Waals surface area contributed by atoms with Gasteiger partial charge in [-0.15, -0.1) is 0 Å². The second-order valence-electron chi connectivity index (χ2n) is 4.58. The lowest BCUT2D eigenvalue weighted by molar-refractivity contribution is 0.397. The first-order chi connectivity index (χ1) is 8.69. The maximum absolute atomic E-state index is 5.61. The van der Waals surface area contributed by atoms with Gasteiger partial charge in [-0.1, -0.05) is 32.0 Å². The van der Waals surface area contributed by atoms with Crippen LogP contribution in [-0.2, 0) is 0 Å². The molecule has 1 aromatic carbocycles. The van der Waals surface area contributed by atoms with Gasteiger partial charge in [0.25, 0.3) is 0 Å². The van der Waals surface area contributed by atoms with Gasteiger partial charge in [-0.05, 0) is 12.1 Å². The van der Waals surface area contributed by atoms with Gasteiger partial charge in [-0.2, -0.15) is 11.8 Å². The van der Waals surface area contributed by atoms with Gasteiger partial charge in [-0.3, -0.25) is 5.43 Å². The fourth-order valence-corrected chi connectivity index (χ4v) is 3.50. The Labute approximate surface area is 113 Å². The van der Waals surface area contributed by atoms with Gasteiger partial charge in [0, 0.05) is 23.6 Å². The quantitative estimate of drug-likeness (QED) is 0.352. The van der Waals surface area contributed by atoms with E-state index >= 15 is 0 Å². The van der Waals surface area contributed by atoms with Crippen LogP contribution in [0.5, 0.6) is 0 Å². The summed E-state index contributed by atoms with van der Waals surface area (Å²) in [7, 11) is 0. The summed E-state index contributed by atoms with van der Waals surface area (Å²) >= 11 is 2.01. The summed E-state index contributed by atoms with van der Waals surface area (Å²) < 4.78 is 0. The van der Waals surface area contributed by atoms with Crippen molar-refractivity contribution in [2.24, 2.45) is 10.8 Å². The van der Waals surface area contributed by atoms with E-state index in [4.69, 9.17) is 5.84 Å². The molecule has 0 radical (unpaired) electrons. The molecule has 2 rings (SSSR count). The third kappa shape index (κ3) is 3.40. The van der Waals surface area contributed by atoms with Crippen LogP contribution in [0.3, 0.4) is 0 Å². The zero-order chi connectivity index (χ0) is 13.0. The minimum atomic E-state index is 0.600. The molecule has 0 aliphatic carbocycles. The van der Waals surface area contributed by atoms with Crippen molar-refractivity contribution in [1.82, 2.24) is 10.3 Å². The lowest BCUT2D eigenvalue weighted by Gasteiger charge is -2.36. The number of hydrazine groups is 1. The van der Waals surface area contributed by atoms with E-state index in [2.05, 4.69) is 29.2 Å². The first kappa shape index (κ1) is 13.2. The molecule has 2 unspecified atom stereocenters. The first-order valence-electron chi connectivity index (χ1n) is 6.20. The highest BCUT2D eigenvalue weighted by Crippen LogP contribution is 2.25. The summed E-state index contributed by atoms with van der Waals surface area (Å²) in [6.07, 6.45) is 0. The average molecular weight is 264 g/mol. The number of nitrogens with zero attached hydrogens (tertiary/aromatic N) is 2. The van der Waals surface area contributed by atoms with E-state index in [1.165, 1.54) is 0 Å². The second-order valence-corrected chi connectivity index (χ2v) is 6.46. The van der Waals surface area contributed by atoms with Crippen LogP contribution in [-0.4, -0.2) is 34.4 Å². The number of benzene rings is 1. The molecule has 2 atom stereocenters.